The molecule has 3 rings (SSSR count). The van der Waals surface area contributed by atoms with Crippen LogP contribution in [-0.4, -0.2) is 40.9 Å². The molecule has 0 saturated heterocycles. The molecule has 9 heteroatoms. The second-order valence-electron chi connectivity index (χ2n) is 7.15. The molecule has 6 nitrogen and oxygen atoms in total. The minimum Gasteiger partial charge on any atom is -0.490 e. The summed E-state index contributed by atoms with van der Waals surface area (Å²) in [5.41, 5.74) is 1.69. The van der Waals surface area contributed by atoms with E-state index in [-0.39, 0.29) is 12.2 Å². The number of carbonyl (C=O) groups is 1. The normalized spacial score (nSPS) is 11.0. The fourth-order valence-electron chi connectivity index (χ4n) is 3.17. The van der Waals surface area contributed by atoms with Crippen LogP contribution in [0.25, 0.3) is 11.4 Å². The summed E-state index contributed by atoms with van der Waals surface area (Å²) in [4.78, 5) is 17.2. The predicted molar refractivity (Wildman–Crippen MR) is 127 cm³/mol. The molecule has 2 aromatic carbocycles. The third-order valence-corrected chi connectivity index (χ3v) is 5.50. The predicted octanol–water partition coefficient (Wildman–Crippen LogP) is 5.69. The van der Waals surface area contributed by atoms with Gasteiger partial charge < -0.3 is 9.47 Å². The Morgan fingerprint density at radius 1 is 1.06 bits per heavy atom. The van der Waals surface area contributed by atoms with Crippen LogP contribution in [-0.2, 0) is 28.9 Å². The maximum Gasteiger partial charge on any atom is 0.181 e. The van der Waals surface area contributed by atoms with E-state index in [1.807, 2.05) is 25.1 Å². The standard InChI is InChI=1S/C23H24Cl3N3O3/c1-3-29-22(14-19(30)6-4-15-10-17(24)13-18(25)11-15)27-23(28-29)16-5-7-20(26)21(12-16)32-9-8-31-2/h5,7,10-13H,3-4,6,8-9,14H2,1-2H3. The zero-order chi connectivity index (χ0) is 23.1. The summed E-state index contributed by atoms with van der Waals surface area (Å²) in [6, 6.07) is 10.7. The number of aryl methyl sites for hydroxylation is 2. The molecule has 0 aliphatic heterocycles. The number of hydrogen-bond donors (Lipinski definition) is 0. The van der Waals surface area contributed by atoms with Crippen molar-refractivity contribution < 1.29 is 14.3 Å². The van der Waals surface area contributed by atoms with Gasteiger partial charge in [-0.1, -0.05) is 34.8 Å². The van der Waals surface area contributed by atoms with Crippen molar-refractivity contribution >= 4 is 40.6 Å². The van der Waals surface area contributed by atoms with Gasteiger partial charge in [0.2, 0.25) is 0 Å². The van der Waals surface area contributed by atoms with Crippen LogP contribution >= 0.6 is 34.8 Å². The summed E-state index contributed by atoms with van der Waals surface area (Å²) in [5, 5.41) is 6.17. The number of Topliss-reactive ketones (excluding diaryl/α,β-unsaturated/α-hetero) is 1. The number of rotatable bonds is 11. The van der Waals surface area contributed by atoms with Crippen molar-refractivity contribution in [1.29, 1.82) is 0 Å². The SMILES string of the molecule is CCn1nc(-c2ccc(Cl)c(OCCOC)c2)nc1CC(=O)CCc1cc(Cl)cc(Cl)c1. The smallest absolute Gasteiger partial charge is 0.181 e. The van der Waals surface area contributed by atoms with Crippen molar-refractivity contribution in [1.82, 2.24) is 14.8 Å². The van der Waals surface area contributed by atoms with Crippen molar-refractivity contribution in [3.8, 4) is 17.1 Å². The van der Waals surface area contributed by atoms with E-state index in [0.29, 0.717) is 65.1 Å². The number of halogens is 3. The average Bonchev–Trinajstić information content (AvgIpc) is 3.16. The summed E-state index contributed by atoms with van der Waals surface area (Å²) in [5.74, 6) is 1.74. The Labute approximate surface area is 202 Å². The Morgan fingerprint density at radius 3 is 2.50 bits per heavy atom. The van der Waals surface area contributed by atoms with Gasteiger partial charge in [-0.2, -0.15) is 5.10 Å². The van der Waals surface area contributed by atoms with Gasteiger partial charge in [0.15, 0.2) is 5.82 Å². The number of aromatic nitrogens is 3. The van der Waals surface area contributed by atoms with Gasteiger partial charge in [0.25, 0.3) is 0 Å². The van der Waals surface area contributed by atoms with Crippen LogP contribution in [0, 0.1) is 0 Å². The highest BCUT2D eigenvalue weighted by molar-refractivity contribution is 6.34. The van der Waals surface area contributed by atoms with Crippen molar-refractivity contribution in [2.24, 2.45) is 0 Å². The quantitative estimate of drug-likeness (QED) is 0.319. The molecule has 0 N–H and O–H groups in total. The van der Waals surface area contributed by atoms with E-state index >= 15 is 0 Å². The topological polar surface area (TPSA) is 66.2 Å². The first-order valence-corrected chi connectivity index (χ1v) is 11.3. The maximum atomic E-state index is 12.6. The van der Waals surface area contributed by atoms with Gasteiger partial charge in [-0.05, 0) is 55.3 Å². The third-order valence-electron chi connectivity index (χ3n) is 4.75. The average molecular weight is 497 g/mol. The molecule has 0 radical (unpaired) electrons. The Morgan fingerprint density at radius 2 is 1.81 bits per heavy atom. The van der Waals surface area contributed by atoms with Crippen LogP contribution < -0.4 is 4.74 Å². The maximum absolute atomic E-state index is 12.6. The van der Waals surface area contributed by atoms with Crippen LogP contribution in [0.15, 0.2) is 36.4 Å². The molecule has 1 aromatic heterocycles. The van der Waals surface area contributed by atoms with Crippen LogP contribution in [0.2, 0.25) is 15.1 Å². The molecular formula is C23H24Cl3N3O3. The lowest BCUT2D eigenvalue weighted by Crippen LogP contribution is -2.11. The number of ketones is 1. The Kier molecular flexibility index (Phi) is 8.93. The van der Waals surface area contributed by atoms with Gasteiger partial charge in [0.05, 0.1) is 18.1 Å². The van der Waals surface area contributed by atoms with Crippen molar-refractivity contribution in [3.63, 3.8) is 0 Å². The first-order chi connectivity index (χ1) is 15.4. The second kappa shape index (κ2) is 11.7. The summed E-state index contributed by atoms with van der Waals surface area (Å²) < 4.78 is 12.4. The summed E-state index contributed by atoms with van der Waals surface area (Å²) in [7, 11) is 1.61. The van der Waals surface area contributed by atoms with Crippen LogP contribution in [0.3, 0.4) is 0 Å². The highest BCUT2D eigenvalue weighted by Gasteiger charge is 2.16. The van der Waals surface area contributed by atoms with E-state index in [4.69, 9.17) is 44.3 Å². The molecule has 0 amide bonds. The Bertz CT molecular complexity index is 1070. The fraction of sp³-hybridized carbons (Fsp3) is 0.348. The van der Waals surface area contributed by atoms with E-state index in [1.54, 1.807) is 30.0 Å². The molecule has 0 aliphatic carbocycles. The monoisotopic (exact) mass is 495 g/mol. The molecule has 0 saturated carbocycles. The summed E-state index contributed by atoms with van der Waals surface area (Å²) in [6.07, 6.45) is 1.12. The van der Waals surface area contributed by atoms with E-state index in [9.17, 15) is 4.79 Å². The molecular weight excluding hydrogens is 473 g/mol. The van der Waals surface area contributed by atoms with Crippen LogP contribution in [0.1, 0.15) is 24.7 Å². The molecule has 0 aliphatic rings. The summed E-state index contributed by atoms with van der Waals surface area (Å²) in [6.45, 7) is 3.40. The highest BCUT2D eigenvalue weighted by atomic mass is 35.5. The first kappa shape index (κ1) is 24.5. The van der Waals surface area contributed by atoms with Crippen LogP contribution in [0.5, 0.6) is 5.75 Å². The molecule has 1 heterocycles. The number of methoxy groups -OCH3 is 1. The zero-order valence-corrected chi connectivity index (χ0v) is 20.2. The highest BCUT2D eigenvalue weighted by Crippen LogP contribution is 2.29. The van der Waals surface area contributed by atoms with Gasteiger partial charge in [-0.25, -0.2) is 9.67 Å². The van der Waals surface area contributed by atoms with E-state index in [2.05, 4.69) is 10.1 Å². The van der Waals surface area contributed by atoms with E-state index in [0.717, 1.165) is 11.1 Å². The van der Waals surface area contributed by atoms with Crippen molar-refractivity contribution in [2.75, 3.05) is 20.3 Å². The largest absolute Gasteiger partial charge is 0.490 e. The van der Waals surface area contributed by atoms with E-state index < -0.39 is 0 Å². The molecule has 32 heavy (non-hydrogen) atoms. The first-order valence-electron chi connectivity index (χ1n) is 10.2. The fourth-order valence-corrected chi connectivity index (χ4v) is 3.92. The summed E-state index contributed by atoms with van der Waals surface area (Å²) >= 11 is 18.3. The molecule has 170 valence electrons. The lowest BCUT2D eigenvalue weighted by molar-refractivity contribution is -0.118. The lowest BCUT2D eigenvalue weighted by Gasteiger charge is -2.08. The van der Waals surface area contributed by atoms with Crippen LogP contribution in [0.4, 0.5) is 0 Å². The number of ether oxygens (including phenoxy) is 2. The van der Waals surface area contributed by atoms with Gasteiger partial charge in [0, 0.05) is 35.7 Å². The van der Waals surface area contributed by atoms with Gasteiger partial charge in [-0.3, -0.25) is 4.79 Å². The molecule has 0 spiro atoms. The Hall–Kier alpha value is -2.12. The van der Waals surface area contributed by atoms with Crippen molar-refractivity contribution in [2.45, 2.75) is 32.7 Å². The minimum absolute atomic E-state index is 0.0643. The van der Waals surface area contributed by atoms with Gasteiger partial charge in [-0.15, -0.1) is 0 Å². The van der Waals surface area contributed by atoms with Crippen molar-refractivity contribution in [3.05, 3.63) is 62.9 Å². The van der Waals surface area contributed by atoms with Gasteiger partial charge in [0.1, 0.15) is 24.0 Å². The van der Waals surface area contributed by atoms with Gasteiger partial charge >= 0.3 is 0 Å². The number of carbonyl (C=O) groups excluding carboxylic acids is 1. The molecule has 0 fully saturated rings. The molecule has 0 bridgehead atoms. The van der Waals surface area contributed by atoms with E-state index in [1.165, 1.54) is 0 Å². The number of nitrogens with zero attached hydrogens (tertiary/aromatic N) is 3. The number of benzene rings is 2. The molecule has 3 aromatic rings. The molecule has 0 unspecified atom stereocenters. The number of hydrogen-bond acceptors (Lipinski definition) is 5. The zero-order valence-electron chi connectivity index (χ0n) is 17.9. The minimum atomic E-state index is 0.0643. The molecule has 0 atom stereocenters. The third kappa shape index (κ3) is 6.69. The second-order valence-corrected chi connectivity index (χ2v) is 8.43. The Balaban J connectivity index is 1.70. The lowest BCUT2D eigenvalue weighted by atomic mass is 10.1.